The van der Waals surface area contributed by atoms with Crippen molar-refractivity contribution < 1.29 is 9.90 Å². The summed E-state index contributed by atoms with van der Waals surface area (Å²) in [5, 5.41) is 8.93. The molecule has 0 spiro atoms. The highest BCUT2D eigenvalue weighted by atomic mass is 16.4. The van der Waals surface area contributed by atoms with Crippen LogP contribution in [0.5, 0.6) is 0 Å². The Labute approximate surface area is 146 Å². The van der Waals surface area contributed by atoms with E-state index in [9.17, 15) is 4.79 Å². The Hall–Kier alpha value is -2.09. The van der Waals surface area contributed by atoms with E-state index in [1.807, 2.05) is 32.9 Å². The van der Waals surface area contributed by atoms with Crippen molar-refractivity contribution in [1.82, 2.24) is 0 Å². The molecule has 0 fully saturated rings. The number of rotatable bonds is 1. The number of carboxylic acid groups (broad SMARTS) is 1. The molecule has 0 aliphatic heterocycles. The van der Waals surface area contributed by atoms with Crippen molar-refractivity contribution in [2.75, 3.05) is 0 Å². The fraction of sp³-hybridized carbons (Fsp3) is 0.409. The molecule has 2 nitrogen and oxygen atoms in total. The number of benzene rings is 2. The summed E-state index contributed by atoms with van der Waals surface area (Å²) in [5.41, 5.74) is 4.28. The highest BCUT2D eigenvalue weighted by Gasteiger charge is 2.20. The number of carbonyl (C=O) groups is 1. The van der Waals surface area contributed by atoms with Crippen LogP contribution in [0.15, 0.2) is 48.5 Å². The Morgan fingerprint density at radius 3 is 1.50 bits per heavy atom. The summed E-state index contributed by atoms with van der Waals surface area (Å²) in [6, 6.07) is 15.7. The molecule has 0 aromatic heterocycles. The molecule has 1 N–H and O–H groups in total. The zero-order valence-electron chi connectivity index (χ0n) is 16.0. The monoisotopic (exact) mass is 326 g/mol. The van der Waals surface area contributed by atoms with Gasteiger partial charge in [-0.05, 0) is 40.5 Å². The molecule has 130 valence electrons. The van der Waals surface area contributed by atoms with E-state index in [-0.39, 0.29) is 10.8 Å². The van der Waals surface area contributed by atoms with Gasteiger partial charge in [-0.1, -0.05) is 84.0 Å². The van der Waals surface area contributed by atoms with Crippen molar-refractivity contribution in [3.8, 4) is 0 Å². The van der Waals surface area contributed by atoms with E-state index >= 15 is 0 Å². The van der Waals surface area contributed by atoms with E-state index in [1.165, 1.54) is 11.1 Å². The molecular formula is C22H30O2. The van der Waals surface area contributed by atoms with E-state index in [0.717, 1.165) is 5.56 Å². The van der Waals surface area contributed by atoms with Gasteiger partial charge in [0.25, 0.3) is 0 Å². The molecule has 0 radical (unpaired) electrons. The van der Waals surface area contributed by atoms with Gasteiger partial charge < -0.3 is 5.11 Å². The van der Waals surface area contributed by atoms with Crippen LogP contribution in [-0.4, -0.2) is 11.1 Å². The highest BCUT2D eigenvalue weighted by Crippen LogP contribution is 2.25. The predicted molar refractivity (Wildman–Crippen MR) is 102 cm³/mol. The molecule has 0 bridgehead atoms. The van der Waals surface area contributed by atoms with Gasteiger partial charge in [0.15, 0.2) is 0 Å². The van der Waals surface area contributed by atoms with Crippen molar-refractivity contribution in [1.29, 1.82) is 0 Å². The molecule has 0 unspecified atom stereocenters. The smallest absolute Gasteiger partial charge is 0.335 e. The molecule has 0 saturated carbocycles. The second kappa shape index (κ2) is 7.65. The van der Waals surface area contributed by atoms with Gasteiger partial charge in [0, 0.05) is 0 Å². The van der Waals surface area contributed by atoms with E-state index in [0.29, 0.717) is 5.56 Å². The Morgan fingerprint density at radius 2 is 1.17 bits per heavy atom. The summed E-state index contributed by atoms with van der Waals surface area (Å²) < 4.78 is 0. The van der Waals surface area contributed by atoms with Crippen molar-refractivity contribution in [2.24, 2.45) is 0 Å². The summed E-state index contributed by atoms with van der Waals surface area (Å²) in [6.07, 6.45) is 0. The van der Waals surface area contributed by atoms with Crippen LogP contribution < -0.4 is 0 Å². The third-order valence-corrected chi connectivity index (χ3v) is 3.92. The van der Waals surface area contributed by atoms with Crippen LogP contribution >= 0.6 is 0 Å². The molecule has 24 heavy (non-hydrogen) atoms. The third kappa shape index (κ3) is 5.52. The minimum atomic E-state index is -0.856. The van der Waals surface area contributed by atoms with Gasteiger partial charge in [0.05, 0.1) is 5.56 Å². The zero-order valence-corrected chi connectivity index (χ0v) is 16.0. The normalized spacial score (nSPS) is 11.5. The SMILES string of the molecule is CC(C)(C)c1ccccc1C(=O)O.Cc1ccccc1C(C)(C)C. The van der Waals surface area contributed by atoms with Crippen molar-refractivity contribution in [2.45, 2.75) is 59.3 Å². The van der Waals surface area contributed by atoms with E-state index < -0.39 is 5.97 Å². The van der Waals surface area contributed by atoms with Crippen molar-refractivity contribution in [3.05, 3.63) is 70.8 Å². The lowest BCUT2D eigenvalue weighted by Gasteiger charge is -2.21. The molecule has 2 aromatic rings. The van der Waals surface area contributed by atoms with E-state index in [1.54, 1.807) is 12.1 Å². The quantitative estimate of drug-likeness (QED) is 0.700. The first kappa shape index (κ1) is 20.0. The Bertz CT molecular complexity index is 686. The number of carboxylic acids is 1. The summed E-state index contributed by atoms with van der Waals surface area (Å²) in [5.74, 6) is -0.856. The average molecular weight is 326 g/mol. The number of aryl methyl sites for hydroxylation is 1. The topological polar surface area (TPSA) is 37.3 Å². The maximum absolute atomic E-state index is 10.9. The minimum absolute atomic E-state index is 0.116. The first-order valence-corrected chi connectivity index (χ1v) is 8.33. The fourth-order valence-electron chi connectivity index (χ4n) is 2.74. The summed E-state index contributed by atoms with van der Waals surface area (Å²) in [4.78, 5) is 10.9. The Balaban J connectivity index is 0.000000243. The maximum Gasteiger partial charge on any atom is 0.335 e. The summed E-state index contributed by atoms with van der Waals surface area (Å²) >= 11 is 0. The number of aromatic carboxylic acids is 1. The van der Waals surface area contributed by atoms with E-state index in [2.05, 4.69) is 52.0 Å². The van der Waals surface area contributed by atoms with Crippen LogP contribution in [0.25, 0.3) is 0 Å². The molecule has 0 atom stereocenters. The Kier molecular flexibility index (Phi) is 6.36. The van der Waals surface area contributed by atoms with Crippen LogP contribution in [-0.2, 0) is 10.8 Å². The lowest BCUT2D eigenvalue weighted by atomic mass is 9.84. The molecule has 0 aliphatic rings. The van der Waals surface area contributed by atoms with Gasteiger partial charge in [-0.25, -0.2) is 4.79 Å². The van der Waals surface area contributed by atoms with Crippen LogP contribution in [0.3, 0.4) is 0 Å². The van der Waals surface area contributed by atoms with E-state index in [4.69, 9.17) is 5.11 Å². The second-order valence-electron chi connectivity index (χ2n) is 8.17. The van der Waals surface area contributed by atoms with Gasteiger partial charge >= 0.3 is 5.97 Å². The Morgan fingerprint density at radius 1 is 0.750 bits per heavy atom. The van der Waals surface area contributed by atoms with Crippen molar-refractivity contribution >= 4 is 5.97 Å². The molecule has 0 saturated heterocycles. The number of hydrogen-bond donors (Lipinski definition) is 1. The fourth-order valence-corrected chi connectivity index (χ4v) is 2.74. The van der Waals surface area contributed by atoms with Crippen LogP contribution in [0.2, 0.25) is 0 Å². The first-order chi connectivity index (χ1) is 10.9. The lowest BCUT2D eigenvalue weighted by Crippen LogP contribution is -2.16. The van der Waals surface area contributed by atoms with Gasteiger partial charge in [-0.2, -0.15) is 0 Å². The van der Waals surface area contributed by atoms with Gasteiger partial charge in [-0.3, -0.25) is 0 Å². The largest absolute Gasteiger partial charge is 0.478 e. The molecule has 0 amide bonds. The lowest BCUT2D eigenvalue weighted by molar-refractivity contribution is 0.0694. The summed E-state index contributed by atoms with van der Waals surface area (Å²) in [6.45, 7) is 14.9. The van der Waals surface area contributed by atoms with Gasteiger partial charge in [-0.15, -0.1) is 0 Å². The average Bonchev–Trinajstić information content (AvgIpc) is 2.46. The first-order valence-electron chi connectivity index (χ1n) is 8.33. The maximum atomic E-state index is 10.9. The predicted octanol–water partition coefficient (Wildman–Crippen LogP) is 5.97. The molecule has 0 heterocycles. The van der Waals surface area contributed by atoms with Crippen molar-refractivity contribution in [3.63, 3.8) is 0 Å². The zero-order chi connectivity index (χ0) is 18.5. The van der Waals surface area contributed by atoms with Crippen LogP contribution in [0.1, 0.15) is 68.6 Å². The van der Waals surface area contributed by atoms with Gasteiger partial charge in [0.1, 0.15) is 0 Å². The second-order valence-corrected chi connectivity index (χ2v) is 8.17. The highest BCUT2D eigenvalue weighted by molar-refractivity contribution is 5.89. The molecule has 0 aliphatic carbocycles. The summed E-state index contributed by atoms with van der Waals surface area (Å²) in [7, 11) is 0. The third-order valence-electron chi connectivity index (χ3n) is 3.92. The molecule has 2 rings (SSSR count). The minimum Gasteiger partial charge on any atom is -0.478 e. The molecule has 2 heteroatoms. The molecule has 2 aromatic carbocycles. The van der Waals surface area contributed by atoms with Gasteiger partial charge in [0.2, 0.25) is 0 Å². The molecular weight excluding hydrogens is 296 g/mol. The van der Waals surface area contributed by atoms with Crippen LogP contribution in [0, 0.1) is 6.92 Å². The number of hydrogen-bond acceptors (Lipinski definition) is 1. The van der Waals surface area contributed by atoms with Crippen LogP contribution in [0.4, 0.5) is 0 Å². The standard InChI is InChI=1S/C11H14O2.C11H16/c1-11(2,3)9-7-5-4-6-8(9)10(12)13;1-9-7-5-6-8-10(9)11(2,3)4/h4-7H,1-3H3,(H,12,13);5-8H,1-4H3.